The fourth-order valence-corrected chi connectivity index (χ4v) is 3.19. The number of rotatable bonds is 7. The number of methoxy groups -OCH3 is 1. The van der Waals surface area contributed by atoms with Gasteiger partial charge in [-0.2, -0.15) is 0 Å². The predicted octanol–water partition coefficient (Wildman–Crippen LogP) is 3.26. The maximum absolute atomic E-state index is 12.6. The van der Waals surface area contributed by atoms with E-state index in [4.69, 9.17) is 4.74 Å². The van der Waals surface area contributed by atoms with Gasteiger partial charge in [0.15, 0.2) is 0 Å². The molecule has 7 heteroatoms. The van der Waals surface area contributed by atoms with Gasteiger partial charge in [-0.3, -0.25) is 9.52 Å². The highest BCUT2D eigenvalue weighted by atomic mass is 32.2. The Morgan fingerprint density at radius 2 is 1.81 bits per heavy atom. The molecule has 0 aliphatic rings. The van der Waals surface area contributed by atoms with Crippen LogP contribution in [0.15, 0.2) is 42.5 Å². The number of sulfonamides is 1. The standard InChI is InChI=1S/C19H24N2O4S/c1-5-17(14-8-10-16(25-3)11-9-14)20-19(22)15-7-6-13(2)18(12-15)21-26(4,23)24/h6-12,17,21H,5H2,1-4H3,(H,20,22). The summed E-state index contributed by atoms with van der Waals surface area (Å²) in [5.74, 6) is 0.495. The van der Waals surface area contributed by atoms with Gasteiger partial charge in [0.25, 0.3) is 5.91 Å². The first-order valence-electron chi connectivity index (χ1n) is 8.26. The van der Waals surface area contributed by atoms with Gasteiger partial charge >= 0.3 is 0 Å². The van der Waals surface area contributed by atoms with Crippen LogP contribution in [0.5, 0.6) is 5.75 Å². The number of hydrogen-bond acceptors (Lipinski definition) is 4. The average molecular weight is 376 g/mol. The van der Waals surface area contributed by atoms with Crippen LogP contribution in [0, 0.1) is 6.92 Å². The number of nitrogens with one attached hydrogen (secondary N) is 2. The van der Waals surface area contributed by atoms with Crippen molar-refractivity contribution in [1.29, 1.82) is 0 Å². The molecule has 1 amide bonds. The van der Waals surface area contributed by atoms with Crippen molar-refractivity contribution in [3.8, 4) is 5.75 Å². The van der Waals surface area contributed by atoms with E-state index in [-0.39, 0.29) is 11.9 Å². The largest absolute Gasteiger partial charge is 0.497 e. The Morgan fingerprint density at radius 1 is 1.15 bits per heavy atom. The molecule has 140 valence electrons. The molecule has 0 fully saturated rings. The van der Waals surface area contributed by atoms with Crippen LogP contribution < -0.4 is 14.8 Å². The zero-order valence-electron chi connectivity index (χ0n) is 15.4. The monoisotopic (exact) mass is 376 g/mol. The number of benzene rings is 2. The van der Waals surface area contributed by atoms with Gasteiger partial charge in [0.1, 0.15) is 5.75 Å². The molecule has 0 radical (unpaired) electrons. The van der Waals surface area contributed by atoms with E-state index in [1.165, 1.54) is 0 Å². The van der Waals surface area contributed by atoms with Crippen molar-refractivity contribution < 1.29 is 17.9 Å². The molecular formula is C19H24N2O4S. The van der Waals surface area contributed by atoms with E-state index < -0.39 is 10.0 Å². The lowest BCUT2D eigenvalue weighted by atomic mass is 10.0. The highest BCUT2D eigenvalue weighted by Crippen LogP contribution is 2.22. The molecule has 6 nitrogen and oxygen atoms in total. The summed E-state index contributed by atoms with van der Waals surface area (Å²) in [6, 6.07) is 12.3. The minimum absolute atomic E-state index is 0.152. The highest BCUT2D eigenvalue weighted by molar-refractivity contribution is 7.92. The molecular weight excluding hydrogens is 352 g/mol. The van der Waals surface area contributed by atoms with Crippen LogP contribution in [-0.4, -0.2) is 27.7 Å². The lowest BCUT2D eigenvalue weighted by Crippen LogP contribution is -2.28. The second kappa shape index (κ2) is 8.23. The molecule has 2 aromatic rings. The van der Waals surface area contributed by atoms with Crippen molar-refractivity contribution in [3.05, 3.63) is 59.2 Å². The van der Waals surface area contributed by atoms with Crippen molar-refractivity contribution in [2.45, 2.75) is 26.3 Å². The van der Waals surface area contributed by atoms with Crippen LogP contribution >= 0.6 is 0 Å². The summed E-state index contributed by atoms with van der Waals surface area (Å²) in [5, 5.41) is 2.99. The lowest BCUT2D eigenvalue weighted by molar-refractivity contribution is 0.0935. The summed E-state index contributed by atoms with van der Waals surface area (Å²) in [6.45, 7) is 3.77. The minimum Gasteiger partial charge on any atom is -0.497 e. The predicted molar refractivity (Wildman–Crippen MR) is 103 cm³/mol. The molecule has 0 heterocycles. The summed E-state index contributed by atoms with van der Waals surface area (Å²) >= 11 is 0. The Hall–Kier alpha value is -2.54. The van der Waals surface area contributed by atoms with Gasteiger partial charge in [-0.05, 0) is 48.7 Å². The topological polar surface area (TPSA) is 84.5 Å². The van der Waals surface area contributed by atoms with Crippen LogP contribution in [0.4, 0.5) is 5.69 Å². The molecule has 1 unspecified atom stereocenters. The minimum atomic E-state index is -3.41. The van der Waals surface area contributed by atoms with Crippen LogP contribution in [0.1, 0.15) is 40.9 Å². The van der Waals surface area contributed by atoms with E-state index in [1.807, 2.05) is 31.2 Å². The Balaban J connectivity index is 2.20. The maximum atomic E-state index is 12.6. The van der Waals surface area contributed by atoms with Gasteiger partial charge < -0.3 is 10.1 Å². The fraction of sp³-hybridized carbons (Fsp3) is 0.316. The SMILES string of the molecule is CCC(NC(=O)c1ccc(C)c(NS(C)(=O)=O)c1)c1ccc(OC)cc1. The quantitative estimate of drug-likeness (QED) is 0.777. The number of aryl methyl sites for hydroxylation is 1. The molecule has 0 bridgehead atoms. The second-order valence-corrected chi connectivity index (χ2v) is 7.86. The number of carbonyl (C=O) groups excluding carboxylic acids is 1. The van der Waals surface area contributed by atoms with Crippen molar-refractivity contribution in [1.82, 2.24) is 5.32 Å². The van der Waals surface area contributed by atoms with Gasteiger partial charge in [-0.25, -0.2) is 8.42 Å². The molecule has 2 rings (SSSR count). The Bertz CT molecular complexity index is 877. The van der Waals surface area contributed by atoms with Gasteiger partial charge in [-0.1, -0.05) is 25.1 Å². The Labute approximate surface area is 154 Å². The van der Waals surface area contributed by atoms with E-state index >= 15 is 0 Å². The highest BCUT2D eigenvalue weighted by Gasteiger charge is 2.16. The Morgan fingerprint density at radius 3 is 2.35 bits per heavy atom. The third kappa shape index (κ3) is 5.23. The first-order valence-corrected chi connectivity index (χ1v) is 10.2. The summed E-state index contributed by atoms with van der Waals surface area (Å²) in [6.07, 6.45) is 1.80. The van der Waals surface area contributed by atoms with Gasteiger partial charge in [0.2, 0.25) is 10.0 Å². The van der Waals surface area contributed by atoms with Crippen molar-refractivity contribution in [2.24, 2.45) is 0 Å². The molecule has 2 aromatic carbocycles. The summed E-state index contributed by atoms with van der Waals surface area (Å²) in [5.41, 5.74) is 2.52. The third-order valence-electron chi connectivity index (χ3n) is 4.03. The number of ether oxygens (including phenoxy) is 1. The van der Waals surface area contributed by atoms with Crippen LogP contribution in [0.2, 0.25) is 0 Å². The van der Waals surface area contributed by atoms with E-state index in [1.54, 1.807) is 32.2 Å². The zero-order chi connectivity index (χ0) is 19.3. The van der Waals surface area contributed by atoms with Crippen molar-refractivity contribution in [2.75, 3.05) is 18.1 Å². The van der Waals surface area contributed by atoms with Gasteiger partial charge in [0, 0.05) is 5.56 Å². The molecule has 0 saturated heterocycles. The molecule has 0 aromatic heterocycles. The molecule has 2 N–H and O–H groups in total. The molecule has 0 saturated carbocycles. The van der Waals surface area contributed by atoms with Gasteiger partial charge in [-0.15, -0.1) is 0 Å². The third-order valence-corrected chi connectivity index (χ3v) is 4.62. The smallest absolute Gasteiger partial charge is 0.251 e. The first-order chi connectivity index (χ1) is 12.2. The number of hydrogen-bond donors (Lipinski definition) is 2. The van der Waals surface area contributed by atoms with Gasteiger partial charge in [0.05, 0.1) is 25.1 Å². The number of anilines is 1. The van der Waals surface area contributed by atoms with Crippen LogP contribution in [-0.2, 0) is 10.0 Å². The molecule has 0 aliphatic heterocycles. The average Bonchev–Trinajstić information content (AvgIpc) is 2.60. The molecule has 0 spiro atoms. The molecule has 1 atom stereocenters. The van der Waals surface area contributed by atoms with Crippen LogP contribution in [0.25, 0.3) is 0 Å². The van der Waals surface area contributed by atoms with Crippen molar-refractivity contribution >= 4 is 21.6 Å². The summed E-state index contributed by atoms with van der Waals surface area (Å²) in [4.78, 5) is 12.6. The second-order valence-electron chi connectivity index (χ2n) is 6.11. The van der Waals surface area contributed by atoms with E-state index in [9.17, 15) is 13.2 Å². The van der Waals surface area contributed by atoms with E-state index in [0.717, 1.165) is 29.6 Å². The van der Waals surface area contributed by atoms with E-state index in [0.29, 0.717) is 11.3 Å². The normalized spacial score (nSPS) is 12.3. The Kier molecular flexibility index (Phi) is 6.26. The maximum Gasteiger partial charge on any atom is 0.251 e. The molecule has 26 heavy (non-hydrogen) atoms. The first kappa shape index (κ1) is 19.8. The van der Waals surface area contributed by atoms with Crippen molar-refractivity contribution in [3.63, 3.8) is 0 Å². The summed E-state index contributed by atoms with van der Waals surface area (Å²) in [7, 11) is -1.81. The van der Waals surface area contributed by atoms with E-state index in [2.05, 4.69) is 10.0 Å². The van der Waals surface area contributed by atoms with Crippen LogP contribution in [0.3, 0.4) is 0 Å². The summed E-state index contributed by atoms with van der Waals surface area (Å²) < 4.78 is 30.5. The lowest BCUT2D eigenvalue weighted by Gasteiger charge is -2.18. The zero-order valence-corrected chi connectivity index (χ0v) is 16.2. The number of carbonyl (C=O) groups is 1. The molecule has 0 aliphatic carbocycles. The fourth-order valence-electron chi connectivity index (χ4n) is 2.57. The number of amides is 1.